The van der Waals surface area contributed by atoms with Gasteiger partial charge in [-0.2, -0.15) is 0 Å². The third-order valence-electron chi connectivity index (χ3n) is 4.34. The number of carbonyl (C=O) groups is 1. The Morgan fingerprint density at radius 2 is 2.04 bits per heavy atom. The molecule has 0 spiro atoms. The number of imidazole rings is 1. The molecule has 1 aliphatic heterocycles. The third-order valence-corrected chi connectivity index (χ3v) is 4.34. The first-order valence-corrected chi connectivity index (χ1v) is 7.53. The van der Waals surface area contributed by atoms with Crippen LogP contribution in [0.2, 0.25) is 0 Å². The predicted octanol–water partition coefficient (Wildman–Crippen LogP) is -1.32. The van der Waals surface area contributed by atoms with Crippen molar-refractivity contribution in [2.75, 3.05) is 19.6 Å². The number of carbonyl (C=O) groups excluding carboxylic acids is 1. The number of nitrogens with zero attached hydrogens (tertiary/aromatic N) is 5. The van der Waals surface area contributed by atoms with Crippen molar-refractivity contribution in [2.24, 2.45) is 14.1 Å². The summed E-state index contributed by atoms with van der Waals surface area (Å²) in [6.45, 7) is 4.18. The number of hydrogen-bond donors (Lipinski definition) is 1. The van der Waals surface area contributed by atoms with Crippen LogP contribution < -0.4 is 16.6 Å². The van der Waals surface area contributed by atoms with Gasteiger partial charge in [0, 0.05) is 39.8 Å². The van der Waals surface area contributed by atoms with Crippen LogP contribution in [0.15, 0.2) is 15.9 Å². The van der Waals surface area contributed by atoms with Crippen LogP contribution in [-0.4, -0.2) is 55.2 Å². The van der Waals surface area contributed by atoms with Gasteiger partial charge in [0.05, 0.1) is 6.33 Å². The van der Waals surface area contributed by atoms with Crippen LogP contribution in [0, 0.1) is 0 Å². The molecule has 0 radical (unpaired) electrons. The molecule has 2 aromatic heterocycles. The van der Waals surface area contributed by atoms with Gasteiger partial charge in [-0.25, -0.2) is 9.78 Å². The summed E-state index contributed by atoms with van der Waals surface area (Å²) in [5.74, 6) is -0.0609. The summed E-state index contributed by atoms with van der Waals surface area (Å²) in [6.07, 6.45) is 1.44. The molecule has 1 fully saturated rings. The van der Waals surface area contributed by atoms with Gasteiger partial charge in [0.15, 0.2) is 11.2 Å². The Morgan fingerprint density at radius 1 is 1.33 bits per heavy atom. The first-order chi connectivity index (χ1) is 10.9. The van der Waals surface area contributed by atoms with Crippen molar-refractivity contribution < 1.29 is 4.79 Å². The lowest BCUT2D eigenvalue weighted by molar-refractivity contribution is -0.134. The molecule has 0 aromatic carbocycles. The van der Waals surface area contributed by atoms with Gasteiger partial charge in [0.1, 0.15) is 6.54 Å². The van der Waals surface area contributed by atoms with Crippen LogP contribution in [0.1, 0.15) is 6.92 Å². The summed E-state index contributed by atoms with van der Waals surface area (Å²) < 4.78 is 3.86. The highest BCUT2D eigenvalue weighted by Gasteiger charge is 2.24. The minimum absolute atomic E-state index is 0. The Labute approximate surface area is 144 Å². The molecule has 3 heterocycles. The van der Waals surface area contributed by atoms with Crippen molar-refractivity contribution in [3.05, 3.63) is 27.2 Å². The van der Waals surface area contributed by atoms with Crippen LogP contribution in [0.3, 0.4) is 0 Å². The average molecular weight is 357 g/mol. The van der Waals surface area contributed by atoms with Crippen molar-refractivity contribution in [3.63, 3.8) is 0 Å². The zero-order valence-corrected chi connectivity index (χ0v) is 14.7. The van der Waals surface area contributed by atoms with E-state index in [-0.39, 0.29) is 36.4 Å². The molecule has 0 bridgehead atoms. The SMILES string of the molecule is C[C@H]1CNCCN1C(=O)Cn1cnc2c1c(=O)n(C)c(=O)n2C.Cl. The number of fused-ring (bicyclic) bond motifs is 1. The number of rotatable bonds is 2. The topological polar surface area (TPSA) is 94.2 Å². The molecule has 1 atom stereocenters. The Hall–Kier alpha value is -2.13. The second-order valence-electron chi connectivity index (χ2n) is 5.89. The summed E-state index contributed by atoms with van der Waals surface area (Å²) in [4.78, 5) is 42.7. The van der Waals surface area contributed by atoms with Gasteiger partial charge >= 0.3 is 5.69 Å². The highest BCUT2D eigenvalue weighted by molar-refractivity contribution is 5.85. The molecule has 132 valence electrons. The van der Waals surface area contributed by atoms with Crippen molar-refractivity contribution in [3.8, 4) is 0 Å². The molecule has 10 heteroatoms. The van der Waals surface area contributed by atoms with Crippen molar-refractivity contribution in [1.82, 2.24) is 28.9 Å². The maximum absolute atomic E-state index is 12.5. The monoisotopic (exact) mass is 356 g/mol. The Balaban J connectivity index is 0.00000208. The maximum Gasteiger partial charge on any atom is 0.332 e. The predicted molar refractivity (Wildman–Crippen MR) is 91.5 cm³/mol. The molecule has 0 saturated carbocycles. The molecular weight excluding hydrogens is 336 g/mol. The van der Waals surface area contributed by atoms with Crippen LogP contribution >= 0.6 is 12.4 Å². The number of aryl methyl sites for hydroxylation is 1. The second kappa shape index (κ2) is 6.78. The van der Waals surface area contributed by atoms with Crippen LogP contribution in [0.4, 0.5) is 0 Å². The fraction of sp³-hybridized carbons (Fsp3) is 0.571. The lowest BCUT2D eigenvalue weighted by Crippen LogP contribution is -2.53. The highest BCUT2D eigenvalue weighted by atomic mass is 35.5. The molecule has 3 rings (SSSR count). The lowest BCUT2D eigenvalue weighted by atomic mass is 10.2. The summed E-state index contributed by atoms with van der Waals surface area (Å²) in [7, 11) is 2.98. The molecular formula is C14H21ClN6O3. The first kappa shape index (κ1) is 18.2. The van der Waals surface area contributed by atoms with E-state index in [9.17, 15) is 14.4 Å². The maximum atomic E-state index is 12.5. The summed E-state index contributed by atoms with van der Waals surface area (Å²) in [6, 6.07) is 0.109. The van der Waals surface area contributed by atoms with Gasteiger partial charge in [-0.3, -0.25) is 18.7 Å². The highest BCUT2D eigenvalue weighted by Crippen LogP contribution is 2.09. The van der Waals surface area contributed by atoms with Gasteiger partial charge in [-0.1, -0.05) is 0 Å². The van der Waals surface area contributed by atoms with Gasteiger partial charge < -0.3 is 14.8 Å². The van der Waals surface area contributed by atoms with Crippen molar-refractivity contribution in [1.29, 1.82) is 0 Å². The van der Waals surface area contributed by atoms with E-state index < -0.39 is 11.2 Å². The van der Waals surface area contributed by atoms with Gasteiger partial charge in [0.2, 0.25) is 5.91 Å². The van der Waals surface area contributed by atoms with E-state index in [0.717, 1.165) is 17.7 Å². The van der Waals surface area contributed by atoms with Crippen LogP contribution in [0.5, 0.6) is 0 Å². The van der Waals surface area contributed by atoms with E-state index in [1.807, 2.05) is 6.92 Å². The standard InChI is InChI=1S/C14H20N6O3.ClH/c1-9-6-15-4-5-20(9)10(21)7-19-8-16-12-11(19)13(22)18(3)14(23)17(12)2;/h8-9,15H,4-7H2,1-3H3;1H/t9-;/m0./s1. The Morgan fingerprint density at radius 3 is 2.71 bits per heavy atom. The van der Waals surface area contributed by atoms with Crippen molar-refractivity contribution in [2.45, 2.75) is 19.5 Å². The fourth-order valence-corrected chi connectivity index (χ4v) is 2.96. The molecule has 1 amide bonds. The summed E-state index contributed by atoms with van der Waals surface area (Å²) in [5, 5.41) is 3.23. The molecule has 2 aromatic rings. The number of halogens is 1. The zero-order chi connectivity index (χ0) is 16.7. The van der Waals surface area contributed by atoms with Crippen LogP contribution in [0.25, 0.3) is 11.2 Å². The second-order valence-corrected chi connectivity index (χ2v) is 5.89. The van der Waals surface area contributed by atoms with Crippen LogP contribution in [-0.2, 0) is 25.4 Å². The number of piperazine rings is 1. The van der Waals surface area contributed by atoms with E-state index in [1.54, 1.807) is 11.9 Å². The van der Waals surface area contributed by atoms with E-state index in [0.29, 0.717) is 12.2 Å². The van der Waals surface area contributed by atoms with E-state index >= 15 is 0 Å². The van der Waals surface area contributed by atoms with E-state index in [1.165, 1.54) is 22.5 Å². The zero-order valence-electron chi connectivity index (χ0n) is 13.9. The molecule has 0 unspecified atom stereocenters. The molecule has 9 nitrogen and oxygen atoms in total. The molecule has 1 N–H and O–H groups in total. The fourth-order valence-electron chi connectivity index (χ4n) is 2.96. The molecule has 1 saturated heterocycles. The normalized spacial score (nSPS) is 17.8. The minimum atomic E-state index is -0.443. The van der Waals surface area contributed by atoms with E-state index in [4.69, 9.17) is 0 Å². The smallest absolute Gasteiger partial charge is 0.332 e. The average Bonchev–Trinajstić information content (AvgIpc) is 2.95. The van der Waals surface area contributed by atoms with Gasteiger partial charge in [-0.15, -0.1) is 12.4 Å². The number of hydrogen-bond acceptors (Lipinski definition) is 5. The molecule has 1 aliphatic rings. The minimum Gasteiger partial charge on any atom is -0.336 e. The van der Waals surface area contributed by atoms with Crippen molar-refractivity contribution >= 4 is 29.5 Å². The van der Waals surface area contributed by atoms with Gasteiger partial charge in [-0.05, 0) is 6.92 Å². The third kappa shape index (κ3) is 2.84. The summed E-state index contributed by atoms with van der Waals surface area (Å²) in [5.41, 5.74) is -0.318. The largest absolute Gasteiger partial charge is 0.336 e. The Bertz CT molecular complexity index is 883. The first-order valence-electron chi connectivity index (χ1n) is 7.53. The van der Waals surface area contributed by atoms with Gasteiger partial charge in [0.25, 0.3) is 5.56 Å². The quantitative estimate of drug-likeness (QED) is 0.720. The summed E-state index contributed by atoms with van der Waals surface area (Å²) >= 11 is 0. The number of amides is 1. The molecule has 24 heavy (non-hydrogen) atoms. The number of aromatic nitrogens is 4. The Kier molecular flexibility index (Phi) is 5.14. The van der Waals surface area contributed by atoms with E-state index in [2.05, 4.69) is 10.3 Å². The lowest BCUT2D eigenvalue weighted by Gasteiger charge is -2.34. The molecule has 0 aliphatic carbocycles. The number of nitrogens with one attached hydrogen (secondary N) is 1.